The lowest BCUT2D eigenvalue weighted by atomic mass is 10.2. The minimum atomic E-state index is -0.659. The zero-order chi connectivity index (χ0) is 21.4. The molecule has 2 aromatic rings. The van der Waals surface area contributed by atoms with Crippen LogP contribution in [-0.2, 0) is 4.79 Å². The van der Waals surface area contributed by atoms with E-state index in [-0.39, 0.29) is 11.7 Å². The summed E-state index contributed by atoms with van der Waals surface area (Å²) in [7, 11) is 3.33. The maximum Gasteiger partial charge on any atom is 0.271 e. The van der Waals surface area contributed by atoms with Crippen molar-refractivity contribution in [1.29, 1.82) is 0 Å². The first kappa shape index (κ1) is 21.7. The molecule has 29 heavy (non-hydrogen) atoms. The summed E-state index contributed by atoms with van der Waals surface area (Å²) in [5.41, 5.74) is 3.47. The Labute approximate surface area is 169 Å². The van der Waals surface area contributed by atoms with E-state index in [2.05, 4.69) is 10.5 Å². The molecule has 2 rings (SSSR count). The van der Waals surface area contributed by atoms with Crippen LogP contribution in [0.15, 0.2) is 47.6 Å². The Bertz CT molecular complexity index is 878. The third kappa shape index (κ3) is 6.24. The molecule has 0 aliphatic heterocycles. The fraction of sp³-hybridized carbons (Fsp3) is 0.286. The Morgan fingerprint density at radius 1 is 1.17 bits per heavy atom. The number of aromatic hydroxyl groups is 1. The SMILES string of the molecule is CCOc1cc(/C=N\NC(=O)c2ccc(O)cc2)ccc1O[C@@H](C)C(=O)N(C)C. The van der Waals surface area contributed by atoms with Crippen LogP contribution >= 0.6 is 0 Å². The average molecular weight is 399 g/mol. The van der Waals surface area contributed by atoms with Crippen LogP contribution in [0.5, 0.6) is 17.2 Å². The van der Waals surface area contributed by atoms with Gasteiger partial charge < -0.3 is 19.5 Å². The molecular weight excluding hydrogens is 374 g/mol. The quantitative estimate of drug-likeness (QED) is 0.524. The highest BCUT2D eigenvalue weighted by Gasteiger charge is 2.18. The van der Waals surface area contributed by atoms with E-state index in [0.29, 0.717) is 29.2 Å². The van der Waals surface area contributed by atoms with E-state index < -0.39 is 12.0 Å². The molecule has 2 aromatic carbocycles. The number of likely N-dealkylation sites (N-methyl/N-ethyl adjacent to an activating group) is 1. The van der Waals surface area contributed by atoms with Crippen LogP contribution in [0.25, 0.3) is 0 Å². The van der Waals surface area contributed by atoms with Gasteiger partial charge in [-0.3, -0.25) is 9.59 Å². The van der Waals surface area contributed by atoms with Gasteiger partial charge in [0.1, 0.15) is 5.75 Å². The van der Waals surface area contributed by atoms with Gasteiger partial charge >= 0.3 is 0 Å². The lowest BCUT2D eigenvalue weighted by Gasteiger charge is -2.20. The Hall–Kier alpha value is -3.55. The molecule has 0 heterocycles. The van der Waals surface area contributed by atoms with Crippen LogP contribution in [0, 0.1) is 0 Å². The minimum absolute atomic E-state index is 0.0809. The second kappa shape index (κ2) is 10.1. The first-order chi connectivity index (χ1) is 13.8. The summed E-state index contributed by atoms with van der Waals surface area (Å²) < 4.78 is 11.3. The van der Waals surface area contributed by atoms with Gasteiger partial charge in [-0.05, 0) is 61.9 Å². The number of nitrogens with zero attached hydrogens (tertiary/aromatic N) is 2. The van der Waals surface area contributed by atoms with Gasteiger partial charge in [0.25, 0.3) is 11.8 Å². The van der Waals surface area contributed by atoms with Gasteiger partial charge in [0.05, 0.1) is 12.8 Å². The number of ether oxygens (including phenoxy) is 2. The van der Waals surface area contributed by atoms with Crippen LogP contribution in [0.2, 0.25) is 0 Å². The smallest absolute Gasteiger partial charge is 0.271 e. The third-order valence-electron chi connectivity index (χ3n) is 3.87. The molecule has 0 spiro atoms. The molecule has 8 heteroatoms. The van der Waals surface area contributed by atoms with Crippen molar-refractivity contribution in [1.82, 2.24) is 10.3 Å². The first-order valence-electron chi connectivity index (χ1n) is 9.09. The van der Waals surface area contributed by atoms with Crippen molar-refractivity contribution in [2.75, 3.05) is 20.7 Å². The van der Waals surface area contributed by atoms with Gasteiger partial charge in [-0.15, -0.1) is 0 Å². The highest BCUT2D eigenvalue weighted by Crippen LogP contribution is 2.29. The number of hydrogen-bond acceptors (Lipinski definition) is 6. The van der Waals surface area contributed by atoms with E-state index >= 15 is 0 Å². The molecular formula is C21H25N3O5. The molecule has 0 unspecified atom stereocenters. The van der Waals surface area contributed by atoms with Crippen molar-refractivity contribution in [2.45, 2.75) is 20.0 Å². The fourth-order valence-corrected chi connectivity index (χ4v) is 2.42. The first-order valence-corrected chi connectivity index (χ1v) is 9.09. The van der Waals surface area contributed by atoms with Gasteiger partial charge in [-0.25, -0.2) is 5.43 Å². The monoisotopic (exact) mass is 399 g/mol. The number of nitrogens with one attached hydrogen (secondary N) is 1. The number of phenolic OH excluding ortho intramolecular Hbond substituents is 1. The Balaban J connectivity index is 2.08. The predicted molar refractivity (Wildman–Crippen MR) is 110 cm³/mol. The highest BCUT2D eigenvalue weighted by atomic mass is 16.5. The number of carbonyl (C=O) groups excluding carboxylic acids is 2. The molecule has 0 fully saturated rings. The van der Waals surface area contributed by atoms with Gasteiger partial charge in [-0.2, -0.15) is 5.10 Å². The molecule has 0 aliphatic carbocycles. The number of carbonyl (C=O) groups is 2. The molecule has 0 aliphatic rings. The zero-order valence-electron chi connectivity index (χ0n) is 16.9. The Morgan fingerprint density at radius 2 is 1.86 bits per heavy atom. The van der Waals surface area contributed by atoms with Gasteiger partial charge in [0.2, 0.25) is 0 Å². The van der Waals surface area contributed by atoms with Crippen molar-refractivity contribution < 1.29 is 24.2 Å². The van der Waals surface area contributed by atoms with Crippen LogP contribution in [0.1, 0.15) is 29.8 Å². The largest absolute Gasteiger partial charge is 0.508 e. The molecule has 0 bridgehead atoms. The number of hydrazone groups is 1. The van der Waals surface area contributed by atoms with E-state index in [1.165, 1.54) is 35.4 Å². The number of hydrogen-bond donors (Lipinski definition) is 2. The number of phenols is 1. The molecule has 8 nitrogen and oxygen atoms in total. The summed E-state index contributed by atoms with van der Waals surface area (Å²) in [5.74, 6) is 0.439. The fourth-order valence-electron chi connectivity index (χ4n) is 2.42. The van der Waals surface area contributed by atoms with Gasteiger partial charge in [-0.1, -0.05) is 0 Å². The molecule has 0 aromatic heterocycles. The maximum atomic E-state index is 12.0. The minimum Gasteiger partial charge on any atom is -0.508 e. The van der Waals surface area contributed by atoms with Crippen LogP contribution in [0.3, 0.4) is 0 Å². The van der Waals surface area contributed by atoms with E-state index in [9.17, 15) is 14.7 Å². The van der Waals surface area contributed by atoms with E-state index in [4.69, 9.17) is 9.47 Å². The summed E-state index contributed by atoms with van der Waals surface area (Å²) in [6.07, 6.45) is 0.812. The summed E-state index contributed by atoms with van der Waals surface area (Å²) in [6, 6.07) is 11.0. The van der Waals surface area contributed by atoms with Gasteiger partial charge in [0.15, 0.2) is 17.6 Å². The summed E-state index contributed by atoms with van der Waals surface area (Å²) in [6.45, 7) is 3.94. The maximum absolute atomic E-state index is 12.0. The molecule has 0 radical (unpaired) electrons. The molecule has 1 atom stereocenters. The zero-order valence-corrected chi connectivity index (χ0v) is 16.9. The standard InChI is InChI=1S/C21H25N3O5/c1-5-28-19-12-15(6-11-18(19)29-14(2)21(27)24(3)4)13-22-23-20(26)16-7-9-17(25)10-8-16/h6-14,25H,5H2,1-4H3,(H,23,26)/b22-13-/t14-/m0/s1. The summed E-state index contributed by atoms with van der Waals surface area (Å²) in [5, 5.41) is 13.2. The van der Waals surface area contributed by atoms with Crippen molar-refractivity contribution in [2.24, 2.45) is 5.10 Å². The molecule has 2 amide bonds. The Morgan fingerprint density at radius 3 is 2.48 bits per heavy atom. The number of amides is 2. The van der Waals surface area contributed by atoms with Gasteiger partial charge in [0, 0.05) is 19.7 Å². The van der Waals surface area contributed by atoms with E-state index in [1.807, 2.05) is 6.92 Å². The average Bonchev–Trinajstić information content (AvgIpc) is 2.69. The topological polar surface area (TPSA) is 100 Å². The molecule has 0 saturated heterocycles. The van der Waals surface area contributed by atoms with Crippen LogP contribution < -0.4 is 14.9 Å². The number of rotatable bonds is 8. The highest BCUT2D eigenvalue weighted by molar-refractivity contribution is 5.95. The van der Waals surface area contributed by atoms with Crippen LogP contribution in [0.4, 0.5) is 0 Å². The third-order valence-corrected chi connectivity index (χ3v) is 3.87. The van der Waals surface area contributed by atoms with Crippen molar-refractivity contribution in [3.05, 3.63) is 53.6 Å². The van der Waals surface area contributed by atoms with Crippen molar-refractivity contribution in [3.63, 3.8) is 0 Å². The normalized spacial score (nSPS) is 11.7. The number of benzene rings is 2. The molecule has 154 valence electrons. The summed E-state index contributed by atoms with van der Waals surface area (Å²) in [4.78, 5) is 25.5. The second-order valence-electron chi connectivity index (χ2n) is 6.38. The Kier molecular flexibility index (Phi) is 7.59. The lowest BCUT2D eigenvalue weighted by molar-refractivity contribution is -0.135. The second-order valence-corrected chi connectivity index (χ2v) is 6.38. The van der Waals surface area contributed by atoms with E-state index in [0.717, 1.165) is 0 Å². The molecule has 2 N–H and O–H groups in total. The lowest BCUT2D eigenvalue weighted by Crippen LogP contribution is -2.35. The van der Waals surface area contributed by atoms with Crippen molar-refractivity contribution in [3.8, 4) is 17.2 Å². The summed E-state index contributed by atoms with van der Waals surface area (Å²) >= 11 is 0. The van der Waals surface area contributed by atoms with Crippen molar-refractivity contribution >= 4 is 18.0 Å². The van der Waals surface area contributed by atoms with E-state index in [1.54, 1.807) is 39.2 Å². The molecule has 0 saturated carbocycles. The van der Waals surface area contributed by atoms with Crippen LogP contribution in [-0.4, -0.2) is 54.8 Å². The predicted octanol–water partition coefficient (Wildman–Crippen LogP) is 2.41.